The van der Waals surface area contributed by atoms with Gasteiger partial charge in [0.25, 0.3) is 0 Å². The van der Waals surface area contributed by atoms with Crippen molar-refractivity contribution in [2.45, 2.75) is 48.8 Å². The molecule has 1 aliphatic carbocycles. The normalized spacial score (nSPS) is 15.7. The van der Waals surface area contributed by atoms with Crippen LogP contribution in [0.15, 0.2) is 70.5 Å². The van der Waals surface area contributed by atoms with Crippen molar-refractivity contribution in [3.05, 3.63) is 66.2 Å². The highest BCUT2D eigenvalue weighted by Gasteiger charge is 2.23. The maximum Gasteiger partial charge on any atom is 0.339 e. The Morgan fingerprint density at radius 2 is 1.50 bits per heavy atom. The molecule has 3 aromatic carbocycles. The lowest BCUT2D eigenvalue weighted by Crippen LogP contribution is -2.30. The molecule has 0 bridgehead atoms. The molecule has 0 atom stereocenters. The van der Waals surface area contributed by atoms with E-state index in [1.165, 1.54) is 30.7 Å². The van der Waals surface area contributed by atoms with Crippen molar-refractivity contribution in [2.75, 3.05) is 6.54 Å². The molecule has 0 unspecified atom stereocenters. The molecule has 32 heavy (non-hydrogen) atoms. The van der Waals surface area contributed by atoms with Crippen molar-refractivity contribution in [3.63, 3.8) is 0 Å². The fourth-order valence-electron chi connectivity index (χ4n) is 4.13. The molecule has 0 heterocycles. The molecule has 0 spiro atoms. The second-order valence-corrected chi connectivity index (χ2v) is 11.6. The second kappa shape index (κ2) is 9.21. The first-order valence-electron chi connectivity index (χ1n) is 10.8. The largest absolute Gasteiger partial charge is 0.378 e. The summed E-state index contributed by atoms with van der Waals surface area (Å²) in [5.74, 6) is 0.444. The molecule has 170 valence electrons. The molecule has 4 rings (SSSR count). The topological polar surface area (TPSA) is 89.5 Å². The van der Waals surface area contributed by atoms with Crippen molar-refractivity contribution in [2.24, 2.45) is 5.92 Å². The third-order valence-electron chi connectivity index (χ3n) is 5.93. The Kier molecular flexibility index (Phi) is 6.55. The first-order valence-corrected chi connectivity index (χ1v) is 13.7. The molecule has 8 heteroatoms. The second-order valence-electron chi connectivity index (χ2n) is 8.31. The van der Waals surface area contributed by atoms with Gasteiger partial charge in [-0.05, 0) is 49.9 Å². The number of sulfonamides is 1. The maximum absolute atomic E-state index is 13.1. The predicted octanol–water partition coefficient (Wildman–Crippen LogP) is 4.77. The fourth-order valence-corrected chi connectivity index (χ4v) is 6.41. The van der Waals surface area contributed by atoms with Gasteiger partial charge in [0.2, 0.25) is 10.0 Å². The highest BCUT2D eigenvalue weighted by molar-refractivity contribution is 7.89. The van der Waals surface area contributed by atoms with Crippen LogP contribution in [0.5, 0.6) is 5.75 Å². The SMILES string of the molecule is Cc1ccc(S(=O)(=O)Oc2cccc3c(S(=O)(=O)NCC4CCCCC4)cccc23)cc1. The number of nitrogens with one attached hydrogen (secondary N) is 1. The van der Waals surface area contributed by atoms with Crippen LogP contribution in [0.25, 0.3) is 10.8 Å². The summed E-state index contributed by atoms with van der Waals surface area (Å²) in [6, 6.07) is 16.0. The number of hydrogen-bond donors (Lipinski definition) is 1. The molecular formula is C24H27NO5S2. The van der Waals surface area contributed by atoms with Crippen LogP contribution in [0, 0.1) is 12.8 Å². The van der Waals surface area contributed by atoms with Gasteiger partial charge in [0.15, 0.2) is 5.75 Å². The molecule has 6 nitrogen and oxygen atoms in total. The average molecular weight is 474 g/mol. The molecule has 1 aliphatic rings. The molecule has 1 N–H and O–H groups in total. The molecule has 0 aromatic heterocycles. The number of hydrogen-bond acceptors (Lipinski definition) is 5. The summed E-state index contributed by atoms with van der Waals surface area (Å²) in [4.78, 5) is 0.155. The smallest absolute Gasteiger partial charge is 0.339 e. The monoisotopic (exact) mass is 473 g/mol. The minimum Gasteiger partial charge on any atom is -0.378 e. The predicted molar refractivity (Wildman–Crippen MR) is 125 cm³/mol. The Labute approximate surface area is 189 Å². The van der Waals surface area contributed by atoms with E-state index in [9.17, 15) is 16.8 Å². The van der Waals surface area contributed by atoms with Gasteiger partial charge in [-0.25, -0.2) is 13.1 Å². The Bertz CT molecular complexity index is 1310. The minimum atomic E-state index is -4.06. The maximum atomic E-state index is 13.1. The van der Waals surface area contributed by atoms with E-state index in [0.29, 0.717) is 23.2 Å². The average Bonchev–Trinajstić information content (AvgIpc) is 2.78. The van der Waals surface area contributed by atoms with Crippen LogP contribution in [0.3, 0.4) is 0 Å². The zero-order valence-electron chi connectivity index (χ0n) is 18.0. The van der Waals surface area contributed by atoms with Gasteiger partial charge >= 0.3 is 10.1 Å². The van der Waals surface area contributed by atoms with Crippen molar-refractivity contribution in [3.8, 4) is 5.75 Å². The summed E-state index contributed by atoms with van der Waals surface area (Å²) in [5, 5.41) is 0.837. The first-order chi connectivity index (χ1) is 15.3. The molecule has 0 aliphatic heterocycles. The van der Waals surface area contributed by atoms with Gasteiger partial charge < -0.3 is 4.18 Å². The number of benzene rings is 3. The van der Waals surface area contributed by atoms with Crippen molar-refractivity contribution in [1.29, 1.82) is 0 Å². The number of fused-ring (bicyclic) bond motifs is 1. The summed E-state index contributed by atoms with van der Waals surface area (Å²) in [6.45, 7) is 2.28. The summed E-state index contributed by atoms with van der Waals surface area (Å²) in [7, 11) is -7.82. The fraction of sp³-hybridized carbons (Fsp3) is 0.333. The highest BCUT2D eigenvalue weighted by Crippen LogP contribution is 2.32. The summed E-state index contributed by atoms with van der Waals surface area (Å²) >= 11 is 0. The van der Waals surface area contributed by atoms with Gasteiger partial charge in [-0.15, -0.1) is 0 Å². The molecule has 0 amide bonds. The molecule has 3 aromatic rings. The first kappa shape index (κ1) is 22.8. The van der Waals surface area contributed by atoms with E-state index in [1.54, 1.807) is 36.4 Å². The Hall–Kier alpha value is -2.42. The van der Waals surface area contributed by atoms with Gasteiger partial charge in [-0.2, -0.15) is 8.42 Å². The van der Waals surface area contributed by atoms with Crippen molar-refractivity contribution in [1.82, 2.24) is 4.72 Å². The molecule has 1 saturated carbocycles. The zero-order chi connectivity index (χ0) is 22.8. The van der Waals surface area contributed by atoms with E-state index in [4.69, 9.17) is 4.18 Å². The zero-order valence-corrected chi connectivity index (χ0v) is 19.6. The molecular weight excluding hydrogens is 446 g/mol. The van der Waals surface area contributed by atoms with E-state index in [1.807, 2.05) is 6.92 Å². The molecule has 0 radical (unpaired) electrons. The van der Waals surface area contributed by atoms with Crippen molar-refractivity contribution >= 4 is 30.9 Å². The quantitative estimate of drug-likeness (QED) is 0.499. The van der Waals surface area contributed by atoms with Crippen LogP contribution >= 0.6 is 0 Å². The summed E-state index contributed by atoms with van der Waals surface area (Å²) < 4.78 is 59.8. The van der Waals surface area contributed by atoms with E-state index in [0.717, 1.165) is 31.2 Å². The lowest BCUT2D eigenvalue weighted by atomic mass is 9.90. The summed E-state index contributed by atoms with van der Waals surface area (Å²) in [5.41, 5.74) is 0.935. The van der Waals surface area contributed by atoms with E-state index < -0.39 is 20.1 Å². The lowest BCUT2D eigenvalue weighted by molar-refractivity contribution is 0.357. The van der Waals surface area contributed by atoms with E-state index in [-0.39, 0.29) is 15.5 Å². The van der Waals surface area contributed by atoms with Gasteiger partial charge in [0.1, 0.15) is 4.90 Å². The Balaban J connectivity index is 1.64. The van der Waals surface area contributed by atoms with Gasteiger partial charge in [0.05, 0.1) is 4.90 Å². The third kappa shape index (κ3) is 4.98. The van der Waals surface area contributed by atoms with Crippen LogP contribution < -0.4 is 8.91 Å². The van der Waals surface area contributed by atoms with Crippen LogP contribution in [0.4, 0.5) is 0 Å². The standard InChI is InChI=1S/C24H27NO5S2/c1-18-13-15-20(16-14-18)32(28,29)30-23-11-5-10-22-21(23)9-6-12-24(22)31(26,27)25-17-19-7-3-2-4-8-19/h5-6,9-16,19,25H,2-4,7-8,17H2,1H3. The number of aryl methyl sites for hydroxylation is 1. The molecule has 1 fully saturated rings. The number of rotatable bonds is 7. The summed E-state index contributed by atoms with van der Waals surface area (Å²) in [6.07, 6.45) is 5.55. The van der Waals surface area contributed by atoms with E-state index >= 15 is 0 Å². The van der Waals surface area contributed by atoms with Crippen LogP contribution in [0.2, 0.25) is 0 Å². The van der Waals surface area contributed by atoms with Crippen molar-refractivity contribution < 1.29 is 21.0 Å². The Morgan fingerprint density at radius 3 is 2.22 bits per heavy atom. The minimum absolute atomic E-state index is 0.0398. The highest BCUT2D eigenvalue weighted by atomic mass is 32.2. The van der Waals surface area contributed by atoms with Crippen LogP contribution in [0.1, 0.15) is 37.7 Å². The lowest BCUT2D eigenvalue weighted by Gasteiger charge is -2.22. The van der Waals surface area contributed by atoms with Gasteiger partial charge in [-0.3, -0.25) is 0 Å². The van der Waals surface area contributed by atoms with Gasteiger partial charge in [-0.1, -0.05) is 61.2 Å². The van der Waals surface area contributed by atoms with E-state index in [2.05, 4.69) is 4.72 Å². The molecule has 0 saturated heterocycles. The Morgan fingerprint density at radius 1 is 0.844 bits per heavy atom. The third-order valence-corrected chi connectivity index (χ3v) is 8.66. The van der Waals surface area contributed by atoms with Crippen LogP contribution in [-0.2, 0) is 20.1 Å². The van der Waals surface area contributed by atoms with Gasteiger partial charge in [0, 0.05) is 17.3 Å². The van der Waals surface area contributed by atoms with Crippen LogP contribution in [-0.4, -0.2) is 23.4 Å².